The third-order valence-electron chi connectivity index (χ3n) is 2.69. The van der Waals surface area contributed by atoms with E-state index in [0.29, 0.717) is 5.75 Å². The number of aliphatic hydroxyl groups is 1. The van der Waals surface area contributed by atoms with Crippen molar-refractivity contribution >= 4 is 0 Å². The van der Waals surface area contributed by atoms with Gasteiger partial charge in [-0.3, -0.25) is 4.79 Å². The van der Waals surface area contributed by atoms with E-state index in [2.05, 4.69) is 4.98 Å². The van der Waals surface area contributed by atoms with Crippen molar-refractivity contribution < 1.29 is 9.84 Å². The summed E-state index contributed by atoms with van der Waals surface area (Å²) in [5, 5.41) is 9.06. The molecule has 0 bridgehead atoms. The van der Waals surface area contributed by atoms with E-state index in [1.54, 1.807) is 35.0 Å². The lowest BCUT2D eigenvalue weighted by Crippen LogP contribution is -2.23. The normalized spacial score (nSPS) is 10.7. The monoisotopic (exact) mass is 260 g/mol. The molecule has 0 fully saturated rings. The topological polar surface area (TPSA) is 64.3 Å². The summed E-state index contributed by atoms with van der Waals surface area (Å²) in [6, 6.07) is 6.96. The van der Waals surface area contributed by atoms with E-state index < -0.39 is 0 Å². The molecule has 0 saturated carbocycles. The van der Waals surface area contributed by atoms with Crippen molar-refractivity contribution in [3.8, 4) is 11.6 Å². The number of benzene rings is 1. The molecule has 1 N–H and O–H groups in total. The van der Waals surface area contributed by atoms with Crippen LogP contribution in [0.25, 0.3) is 0 Å². The molecule has 2 aromatic rings. The number of nitrogens with zero attached hydrogens (tertiary/aromatic N) is 2. The Morgan fingerprint density at radius 2 is 2.21 bits per heavy atom. The zero-order valence-electron chi connectivity index (χ0n) is 10.9. The minimum atomic E-state index is -0.271. The summed E-state index contributed by atoms with van der Waals surface area (Å²) in [5.74, 6) is 0.518. The van der Waals surface area contributed by atoms with Gasteiger partial charge in [0.1, 0.15) is 5.75 Å². The van der Waals surface area contributed by atoms with Gasteiger partial charge in [0.05, 0.1) is 6.61 Å². The number of rotatable bonds is 4. The highest BCUT2D eigenvalue weighted by Gasteiger charge is 2.09. The summed E-state index contributed by atoms with van der Waals surface area (Å²) in [6.07, 6.45) is 3.16. The molecule has 0 unspecified atom stereocenters. The first-order valence-electron chi connectivity index (χ1n) is 6.06. The van der Waals surface area contributed by atoms with Crippen LogP contribution in [0.3, 0.4) is 0 Å². The van der Waals surface area contributed by atoms with Crippen molar-refractivity contribution in [2.24, 2.45) is 0 Å². The quantitative estimate of drug-likeness (QED) is 0.914. The molecule has 0 amide bonds. The summed E-state index contributed by atoms with van der Waals surface area (Å²) in [7, 11) is 0. The molecule has 100 valence electrons. The predicted octanol–water partition coefficient (Wildman–Crippen LogP) is 2.11. The number of aliphatic hydroxyl groups excluding tert-OH is 1. The van der Waals surface area contributed by atoms with Crippen molar-refractivity contribution in [3.63, 3.8) is 0 Å². The van der Waals surface area contributed by atoms with Gasteiger partial charge < -0.3 is 14.4 Å². The van der Waals surface area contributed by atoms with Crippen molar-refractivity contribution in [1.29, 1.82) is 0 Å². The first-order chi connectivity index (χ1) is 9.11. The molecule has 0 radical (unpaired) electrons. The second kappa shape index (κ2) is 5.67. The lowest BCUT2D eigenvalue weighted by atomic mass is 10.2. The molecule has 5 heteroatoms. The molecule has 19 heavy (non-hydrogen) atoms. The summed E-state index contributed by atoms with van der Waals surface area (Å²) in [6.45, 7) is 3.75. The molecule has 0 spiro atoms. The minimum absolute atomic E-state index is 0.0336. The van der Waals surface area contributed by atoms with Gasteiger partial charge in [-0.05, 0) is 31.5 Å². The summed E-state index contributed by atoms with van der Waals surface area (Å²) in [4.78, 5) is 16.0. The maximum absolute atomic E-state index is 12.1. The van der Waals surface area contributed by atoms with Crippen LogP contribution in [-0.2, 0) is 6.61 Å². The smallest absolute Gasteiger partial charge is 0.313 e. The molecule has 0 aliphatic rings. The molecule has 2 rings (SSSR count). The van der Waals surface area contributed by atoms with Crippen molar-refractivity contribution in [3.05, 3.63) is 52.6 Å². The molecular weight excluding hydrogens is 244 g/mol. The van der Waals surface area contributed by atoms with Crippen molar-refractivity contribution in [2.45, 2.75) is 26.5 Å². The Kier molecular flexibility index (Phi) is 3.97. The Labute approximate surface area is 111 Å². The van der Waals surface area contributed by atoms with Gasteiger partial charge in [-0.15, -0.1) is 0 Å². The number of hydrogen-bond acceptors (Lipinski definition) is 4. The number of aromatic nitrogens is 2. The van der Waals surface area contributed by atoms with E-state index in [9.17, 15) is 4.79 Å². The van der Waals surface area contributed by atoms with Gasteiger partial charge in [-0.25, -0.2) is 4.98 Å². The fourth-order valence-electron chi connectivity index (χ4n) is 1.70. The van der Waals surface area contributed by atoms with Gasteiger partial charge in [-0.2, -0.15) is 0 Å². The Bertz CT molecular complexity index is 620. The van der Waals surface area contributed by atoms with E-state index >= 15 is 0 Å². The molecule has 5 nitrogen and oxygen atoms in total. The molecule has 1 heterocycles. The maximum atomic E-state index is 12.1. The van der Waals surface area contributed by atoms with Crippen LogP contribution < -0.4 is 10.3 Å². The number of hydrogen-bond donors (Lipinski definition) is 1. The maximum Gasteiger partial charge on any atom is 0.313 e. The highest BCUT2D eigenvalue weighted by Crippen LogP contribution is 2.18. The lowest BCUT2D eigenvalue weighted by Gasteiger charge is -2.11. The highest BCUT2D eigenvalue weighted by molar-refractivity contribution is 5.30. The summed E-state index contributed by atoms with van der Waals surface area (Å²) >= 11 is 0. The van der Waals surface area contributed by atoms with Gasteiger partial charge >= 0.3 is 5.56 Å². The van der Waals surface area contributed by atoms with Gasteiger partial charge in [-0.1, -0.05) is 12.1 Å². The SMILES string of the molecule is CC(C)n1ccnc(Oc2cccc(CO)c2)c1=O. The largest absolute Gasteiger partial charge is 0.435 e. The molecule has 0 aliphatic heterocycles. The first kappa shape index (κ1) is 13.3. The van der Waals surface area contributed by atoms with E-state index in [-0.39, 0.29) is 24.1 Å². The highest BCUT2D eigenvalue weighted by atomic mass is 16.5. The fourth-order valence-corrected chi connectivity index (χ4v) is 1.70. The standard InChI is InChI=1S/C14H16N2O3/c1-10(2)16-7-6-15-13(14(16)18)19-12-5-3-4-11(8-12)9-17/h3-8,10,17H,9H2,1-2H3. The minimum Gasteiger partial charge on any atom is -0.435 e. The van der Waals surface area contributed by atoms with Gasteiger partial charge in [0.2, 0.25) is 0 Å². The summed E-state index contributed by atoms with van der Waals surface area (Å²) < 4.78 is 7.04. The molecule has 1 aromatic heterocycles. The van der Waals surface area contributed by atoms with Crippen molar-refractivity contribution in [2.75, 3.05) is 0 Å². The second-order valence-electron chi connectivity index (χ2n) is 4.45. The van der Waals surface area contributed by atoms with E-state index in [0.717, 1.165) is 5.56 Å². The van der Waals surface area contributed by atoms with E-state index in [1.165, 1.54) is 6.20 Å². The molecule has 0 aliphatic carbocycles. The van der Waals surface area contributed by atoms with Gasteiger partial charge in [0.15, 0.2) is 0 Å². The second-order valence-corrected chi connectivity index (χ2v) is 4.45. The van der Waals surface area contributed by atoms with Crippen LogP contribution in [-0.4, -0.2) is 14.7 Å². The molecular formula is C14H16N2O3. The zero-order valence-corrected chi connectivity index (χ0v) is 10.9. The van der Waals surface area contributed by atoms with E-state index in [4.69, 9.17) is 9.84 Å². The zero-order chi connectivity index (χ0) is 13.8. The molecule has 1 aromatic carbocycles. The Balaban J connectivity index is 2.33. The van der Waals surface area contributed by atoms with Crippen LogP contribution in [0.1, 0.15) is 25.5 Å². The molecule has 0 saturated heterocycles. The van der Waals surface area contributed by atoms with Gasteiger partial charge in [0.25, 0.3) is 5.88 Å². The van der Waals surface area contributed by atoms with Crippen LogP contribution in [0.2, 0.25) is 0 Å². The van der Waals surface area contributed by atoms with Crippen LogP contribution in [0, 0.1) is 0 Å². The third kappa shape index (κ3) is 3.00. The Morgan fingerprint density at radius 1 is 1.42 bits per heavy atom. The van der Waals surface area contributed by atoms with E-state index in [1.807, 2.05) is 13.8 Å². The third-order valence-corrected chi connectivity index (χ3v) is 2.69. The fraction of sp³-hybridized carbons (Fsp3) is 0.286. The van der Waals surface area contributed by atoms with Crippen LogP contribution in [0.5, 0.6) is 11.6 Å². The Morgan fingerprint density at radius 3 is 2.89 bits per heavy atom. The van der Waals surface area contributed by atoms with Crippen LogP contribution in [0.15, 0.2) is 41.5 Å². The average Bonchev–Trinajstić information content (AvgIpc) is 2.41. The van der Waals surface area contributed by atoms with Gasteiger partial charge in [0, 0.05) is 18.4 Å². The summed E-state index contributed by atoms with van der Waals surface area (Å²) in [5.41, 5.74) is 0.449. The number of ether oxygens (including phenoxy) is 1. The Hall–Kier alpha value is -2.14. The van der Waals surface area contributed by atoms with Crippen LogP contribution in [0.4, 0.5) is 0 Å². The average molecular weight is 260 g/mol. The first-order valence-corrected chi connectivity index (χ1v) is 6.06. The molecule has 0 atom stereocenters. The lowest BCUT2D eigenvalue weighted by molar-refractivity contribution is 0.281. The van der Waals surface area contributed by atoms with Crippen LogP contribution >= 0.6 is 0 Å². The van der Waals surface area contributed by atoms with Crippen molar-refractivity contribution in [1.82, 2.24) is 9.55 Å². The predicted molar refractivity (Wildman–Crippen MR) is 71.3 cm³/mol.